The molecule has 0 aliphatic carbocycles. The van der Waals surface area contributed by atoms with Crippen LogP contribution >= 0.6 is 0 Å². The van der Waals surface area contributed by atoms with Crippen LogP contribution in [0.5, 0.6) is 0 Å². The summed E-state index contributed by atoms with van der Waals surface area (Å²) < 4.78 is 71.2. The average molecular weight is 274 g/mol. The van der Waals surface area contributed by atoms with Crippen LogP contribution in [0.4, 0.5) is 22.0 Å². The van der Waals surface area contributed by atoms with Crippen molar-refractivity contribution < 1.29 is 36.2 Å². The molecule has 0 aromatic heterocycles. The molecular weight excluding hydrogens is 263 g/mol. The molecule has 0 radical (unpaired) electrons. The van der Waals surface area contributed by atoms with E-state index in [1.54, 1.807) is 0 Å². The number of rotatable bonds is 4. The second kappa shape index (κ2) is 4.18. The SMILES string of the molecule is C=C(C)C(=O)OCC1OC1(C)C(F)(F)C(F)(F)F. The standard InChI is InChI=1S/C10H11F5O3/c1-5(2)7(16)17-4-6-8(3,18-6)9(11,12)10(13,14)15/h6H,1,4H2,2-3H3. The van der Waals surface area contributed by atoms with Crippen LogP contribution in [-0.2, 0) is 14.3 Å². The second-order valence-electron chi connectivity index (χ2n) is 4.16. The lowest BCUT2D eigenvalue weighted by Crippen LogP contribution is -2.49. The van der Waals surface area contributed by atoms with Gasteiger partial charge in [-0.05, 0) is 13.8 Å². The molecule has 0 aromatic carbocycles. The molecule has 0 spiro atoms. The van der Waals surface area contributed by atoms with E-state index in [-0.39, 0.29) is 5.57 Å². The van der Waals surface area contributed by atoms with Gasteiger partial charge >= 0.3 is 18.1 Å². The second-order valence-corrected chi connectivity index (χ2v) is 4.16. The maximum atomic E-state index is 13.0. The van der Waals surface area contributed by atoms with E-state index in [2.05, 4.69) is 16.1 Å². The van der Waals surface area contributed by atoms with Gasteiger partial charge in [0, 0.05) is 5.57 Å². The summed E-state index contributed by atoms with van der Waals surface area (Å²) in [5.41, 5.74) is -2.68. The van der Waals surface area contributed by atoms with Crippen LogP contribution in [-0.4, -0.2) is 36.4 Å². The number of ether oxygens (including phenoxy) is 2. The largest absolute Gasteiger partial charge is 0.459 e. The van der Waals surface area contributed by atoms with Crippen molar-refractivity contribution in [2.45, 2.75) is 37.7 Å². The Hall–Kier alpha value is -1.18. The third kappa shape index (κ3) is 2.33. The highest BCUT2D eigenvalue weighted by atomic mass is 19.4. The van der Waals surface area contributed by atoms with Gasteiger partial charge in [0.2, 0.25) is 0 Å². The van der Waals surface area contributed by atoms with Crippen LogP contribution in [0.15, 0.2) is 12.2 Å². The number of carbonyl (C=O) groups excluding carboxylic acids is 1. The van der Waals surface area contributed by atoms with E-state index in [0.717, 1.165) is 0 Å². The van der Waals surface area contributed by atoms with E-state index >= 15 is 0 Å². The Labute approximate surface area is 99.5 Å². The first kappa shape index (κ1) is 14.9. The quantitative estimate of drug-likeness (QED) is 0.342. The first-order valence-corrected chi connectivity index (χ1v) is 4.88. The molecule has 1 aliphatic heterocycles. The van der Waals surface area contributed by atoms with E-state index in [4.69, 9.17) is 0 Å². The monoisotopic (exact) mass is 274 g/mol. The van der Waals surface area contributed by atoms with Crippen LogP contribution in [0.25, 0.3) is 0 Å². The highest BCUT2D eigenvalue weighted by Gasteiger charge is 2.79. The number of esters is 1. The van der Waals surface area contributed by atoms with Crippen molar-refractivity contribution in [3.8, 4) is 0 Å². The zero-order valence-electron chi connectivity index (χ0n) is 9.61. The maximum absolute atomic E-state index is 13.0. The lowest BCUT2D eigenvalue weighted by Gasteiger charge is -2.23. The number of alkyl halides is 5. The topological polar surface area (TPSA) is 38.8 Å². The zero-order valence-corrected chi connectivity index (χ0v) is 9.61. The summed E-state index contributed by atoms with van der Waals surface area (Å²) >= 11 is 0. The molecule has 1 fully saturated rings. The van der Waals surface area contributed by atoms with Crippen LogP contribution in [0.2, 0.25) is 0 Å². The number of carbonyl (C=O) groups is 1. The minimum absolute atomic E-state index is 0.0138. The molecule has 1 rings (SSSR count). The Balaban J connectivity index is 2.62. The Morgan fingerprint density at radius 3 is 2.28 bits per heavy atom. The first-order chi connectivity index (χ1) is 7.93. The van der Waals surface area contributed by atoms with E-state index in [1.165, 1.54) is 6.92 Å². The minimum atomic E-state index is -5.71. The fraction of sp³-hybridized carbons (Fsp3) is 0.700. The van der Waals surface area contributed by atoms with Crippen molar-refractivity contribution in [3.63, 3.8) is 0 Å². The number of epoxide rings is 1. The molecule has 1 heterocycles. The number of hydrogen-bond acceptors (Lipinski definition) is 3. The molecule has 2 atom stereocenters. The van der Waals surface area contributed by atoms with Gasteiger partial charge in [-0.3, -0.25) is 0 Å². The molecule has 0 amide bonds. The molecule has 104 valence electrons. The summed E-state index contributed by atoms with van der Waals surface area (Å²) in [6, 6.07) is 0. The van der Waals surface area contributed by atoms with Crippen molar-refractivity contribution in [1.82, 2.24) is 0 Å². The van der Waals surface area contributed by atoms with Crippen molar-refractivity contribution >= 4 is 5.97 Å². The van der Waals surface area contributed by atoms with Crippen molar-refractivity contribution in [1.29, 1.82) is 0 Å². The third-order valence-corrected chi connectivity index (χ3v) is 2.64. The predicted octanol–water partition coefficient (Wildman–Crippen LogP) is 2.46. The molecule has 1 aliphatic rings. The summed E-state index contributed by atoms with van der Waals surface area (Å²) in [4.78, 5) is 10.9. The fourth-order valence-electron chi connectivity index (χ4n) is 1.29. The number of hydrogen-bond donors (Lipinski definition) is 0. The lowest BCUT2D eigenvalue weighted by molar-refractivity contribution is -0.303. The Morgan fingerprint density at radius 2 is 1.89 bits per heavy atom. The van der Waals surface area contributed by atoms with Crippen LogP contribution < -0.4 is 0 Å². The fourth-order valence-corrected chi connectivity index (χ4v) is 1.29. The van der Waals surface area contributed by atoms with Gasteiger partial charge < -0.3 is 9.47 Å². The highest BCUT2D eigenvalue weighted by Crippen LogP contribution is 2.55. The molecule has 1 saturated heterocycles. The number of halogens is 5. The Morgan fingerprint density at radius 1 is 1.39 bits per heavy atom. The first-order valence-electron chi connectivity index (χ1n) is 4.88. The summed E-state index contributed by atoms with van der Waals surface area (Å²) in [6.45, 7) is 4.51. The van der Waals surface area contributed by atoms with E-state index in [1.807, 2.05) is 0 Å². The maximum Gasteiger partial charge on any atom is 0.456 e. The van der Waals surface area contributed by atoms with E-state index < -0.39 is 36.4 Å². The smallest absolute Gasteiger partial charge is 0.456 e. The van der Waals surface area contributed by atoms with Gasteiger partial charge in [0.05, 0.1) is 0 Å². The van der Waals surface area contributed by atoms with Gasteiger partial charge in [-0.15, -0.1) is 0 Å². The van der Waals surface area contributed by atoms with Crippen molar-refractivity contribution in [3.05, 3.63) is 12.2 Å². The Bertz CT molecular complexity index is 376. The van der Waals surface area contributed by atoms with Crippen molar-refractivity contribution in [2.75, 3.05) is 6.61 Å². The van der Waals surface area contributed by atoms with Crippen LogP contribution in [0, 0.1) is 0 Å². The zero-order chi connectivity index (χ0) is 14.4. The van der Waals surface area contributed by atoms with E-state index in [0.29, 0.717) is 6.92 Å². The molecule has 2 unspecified atom stereocenters. The molecule has 0 bridgehead atoms. The Kier molecular flexibility index (Phi) is 3.46. The van der Waals surface area contributed by atoms with Crippen molar-refractivity contribution in [2.24, 2.45) is 0 Å². The summed E-state index contributed by atoms with van der Waals surface area (Å²) in [6.07, 6.45) is -7.20. The summed E-state index contributed by atoms with van der Waals surface area (Å²) in [7, 11) is 0. The third-order valence-electron chi connectivity index (χ3n) is 2.64. The molecule has 0 N–H and O–H groups in total. The van der Waals surface area contributed by atoms with Crippen LogP contribution in [0.3, 0.4) is 0 Å². The molecule has 3 nitrogen and oxygen atoms in total. The lowest BCUT2D eigenvalue weighted by atomic mass is 9.99. The average Bonchev–Trinajstić information content (AvgIpc) is 2.86. The van der Waals surface area contributed by atoms with Gasteiger partial charge in [-0.2, -0.15) is 22.0 Å². The van der Waals surface area contributed by atoms with Gasteiger partial charge in [0.15, 0.2) is 5.60 Å². The van der Waals surface area contributed by atoms with Gasteiger partial charge in [0.25, 0.3) is 0 Å². The van der Waals surface area contributed by atoms with Gasteiger partial charge in [0.1, 0.15) is 12.7 Å². The summed E-state index contributed by atoms with van der Waals surface area (Å²) in [5, 5.41) is 0. The molecule has 0 aromatic rings. The molecular formula is C10H11F5O3. The predicted molar refractivity (Wildman–Crippen MR) is 50.1 cm³/mol. The van der Waals surface area contributed by atoms with E-state index in [9.17, 15) is 26.7 Å². The molecule has 0 saturated carbocycles. The normalized spacial score (nSPS) is 27.8. The highest BCUT2D eigenvalue weighted by molar-refractivity contribution is 5.86. The molecule has 18 heavy (non-hydrogen) atoms. The van der Waals surface area contributed by atoms with Gasteiger partial charge in [-0.1, -0.05) is 6.58 Å². The minimum Gasteiger partial charge on any atom is -0.459 e. The summed E-state index contributed by atoms with van der Waals surface area (Å²) in [5.74, 6) is -5.87. The van der Waals surface area contributed by atoms with Crippen LogP contribution in [0.1, 0.15) is 13.8 Å². The molecule has 8 heteroatoms. The van der Waals surface area contributed by atoms with Gasteiger partial charge in [-0.25, -0.2) is 4.79 Å².